The van der Waals surface area contributed by atoms with Crippen molar-refractivity contribution >= 4 is 17.4 Å². The maximum absolute atomic E-state index is 11.8. The van der Waals surface area contributed by atoms with Gasteiger partial charge < -0.3 is 4.74 Å². The van der Waals surface area contributed by atoms with Gasteiger partial charge in [0, 0.05) is 13.0 Å². The Hall–Kier alpha value is -0.870. The van der Waals surface area contributed by atoms with Gasteiger partial charge >= 0.3 is 0 Å². The highest BCUT2D eigenvalue weighted by Gasteiger charge is 2.19. The van der Waals surface area contributed by atoms with Crippen LogP contribution in [0.2, 0.25) is 5.02 Å². The number of ether oxygens (including phenoxy) is 1. The number of carbonyl (C=O) groups excluding carboxylic acids is 1. The number of hydrogen-bond donors (Lipinski definition) is 0. The predicted molar refractivity (Wildman–Crippen MR) is 58.3 cm³/mol. The highest BCUT2D eigenvalue weighted by molar-refractivity contribution is 6.33. The lowest BCUT2D eigenvalue weighted by atomic mass is 10.1. The molecule has 0 bridgehead atoms. The molecule has 0 saturated carbocycles. The van der Waals surface area contributed by atoms with Gasteiger partial charge in [-0.15, -0.1) is 0 Å². The van der Waals surface area contributed by atoms with Crippen molar-refractivity contribution in [2.45, 2.75) is 20.4 Å². The molecule has 0 radical (unpaired) electrons. The number of Topliss-reactive ketones (excluding diaryl/α,β-unsaturated/α-hetero) is 1. The number of halogens is 1. The molecule has 0 aromatic carbocycles. The molecule has 5 heteroatoms. The normalized spacial score (nSPS) is 11.0. The van der Waals surface area contributed by atoms with E-state index in [1.54, 1.807) is 11.8 Å². The second-order valence-corrected chi connectivity index (χ2v) is 3.98. The van der Waals surface area contributed by atoms with Gasteiger partial charge in [0.2, 0.25) is 0 Å². The summed E-state index contributed by atoms with van der Waals surface area (Å²) in [5.74, 6) is -0.0749. The average molecular weight is 231 g/mol. The molecule has 84 valence electrons. The molecule has 4 nitrogen and oxygen atoms in total. The molecule has 0 saturated heterocycles. The maximum atomic E-state index is 11.8. The molecule has 0 fully saturated rings. The third kappa shape index (κ3) is 2.79. The van der Waals surface area contributed by atoms with Crippen LogP contribution in [0, 0.1) is 5.92 Å². The molecule has 0 spiro atoms. The highest BCUT2D eigenvalue weighted by atomic mass is 35.5. The Balaban J connectivity index is 2.93. The molecule has 0 amide bonds. The Labute approximate surface area is 94.2 Å². The maximum Gasteiger partial charge on any atom is 0.184 e. The minimum atomic E-state index is -0.0829. The van der Waals surface area contributed by atoms with Gasteiger partial charge in [-0.05, 0) is 0 Å². The van der Waals surface area contributed by atoms with E-state index in [9.17, 15) is 4.79 Å². The number of methoxy groups -OCH3 is 1. The van der Waals surface area contributed by atoms with Crippen LogP contribution in [-0.2, 0) is 11.3 Å². The molecule has 0 aliphatic rings. The Bertz CT molecular complexity index is 347. The molecule has 0 atom stereocenters. The summed E-state index contributed by atoms with van der Waals surface area (Å²) in [7, 11) is 1.61. The van der Waals surface area contributed by atoms with Crippen molar-refractivity contribution in [3.63, 3.8) is 0 Å². The molecule has 1 heterocycles. The second kappa shape index (κ2) is 5.28. The zero-order valence-corrected chi connectivity index (χ0v) is 9.91. The molecule has 1 aromatic rings. The van der Waals surface area contributed by atoms with E-state index in [0.717, 1.165) is 0 Å². The quantitative estimate of drug-likeness (QED) is 0.727. The fourth-order valence-electron chi connectivity index (χ4n) is 1.23. The lowest BCUT2D eigenvalue weighted by molar-refractivity contribution is 0.0925. The standard InChI is InChI=1S/C10H15ClN2O2/c1-7(2)10(14)9-8(11)6-12-13(9)4-5-15-3/h6-7H,4-5H2,1-3H3. The topological polar surface area (TPSA) is 44.1 Å². The summed E-state index contributed by atoms with van der Waals surface area (Å²) in [5.41, 5.74) is 0.476. The Kier molecular flexibility index (Phi) is 4.29. The highest BCUT2D eigenvalue weighted by Crippen LogP contribution is 2.18. The van der Waals surface area contributed by atoms with Crippen LogP contribution in [0.25, 0.3) is 0 Å². The van der Waals surface area contributed by atoms with Crippen LogP contribution in [0.5, 0.6) is 0 Å². The first-order valence-electron chi connectivity index (χ1n) is 4.82. The molecule has 0 aliphatic carbocycles. The number of hydrogen-bond acceptors (Lipinski definition) is 3. The molecule has 0 unspecified atom stereocenters. The van der Waals surface area contributed by atoms with Crippen LogP contribution in [0.1, 0.15) is 24.3 Å². The third-order valence-electron chi connectivity index (χ3n) is 2.06. The zero-order valence-electron chi connectivity index (χ0n) is 9.16. The zero-order chi connectivity index (χ0) is 11.4. The van der Waals surface area contributed by atoms with E-state index in [0.29, 0.717) is 23.9 Å². The second-order valence-electron chi connectivity index (χ2n) is 3.58. The molecule has 1 aromatic heterocycles. The largest absolute Gasteiger partial charge is 0.383 e. The number of carbonyl (C=O) groups is 1. The number of ketones is 1. The fraction of sp³-hybridized carbons (Fsp3) is 0.600. The molecular weight excluding hydrogens is 216 g/mol. The third-order valence-corrected chi connectivity index (χ3v) is 2.34. The first kappa shape index (κ1) is 12.2. The summed E-state index contributed by atoms with van der Waals surface area (Å²) in [6.45, 7) is 4.73. The van der Waals surface area contributed by atoms with Crippen LogP contribution in [-0.4, -0.2) is 29.3 Å². The van der Waals surface area contributed by atoms with E-state index >= 15 is 0 Å². The van der Waals surface area contributed by atoms with Gasteiger partial charge in [0.05, 0.1) is 24.4 Å². The summed E-state index contributed by atoms with van der Waals surface area (Å²) in [6.07, 6.45) is 1.49. The van der Waals surface area contributed by atoms with Gasteiger partial charge in [-0.1, -0.05) is 25.4 Å². The average Bonchev–Trinajstić information content (AvgIpc) is 2.55. The molecular formula is C10H15ClN2O2. The van der Waals surface area contributed by atoms with E-state index in [1.165, 1.54) is 6.20 Å². The van der Waals surface area contributed by atoms with Crippen molar-refractivity contribution in [1.29, 1.82) is 0 Å². The lowest BCUT2D eigenvalue weighted by Crippen LogP contribution is -2.17. The number of rotatable bonds is 5. The van der Waals surface area contributed by atoms with Crippen molar-refractivity contribution in [3.05, 3.63) is 16.9 Å². The van der Waals surface area contributed by atoms with Crippen LogP contribution in [0.15, 0.2) is 6.20 Å². The monoisotopic (exact) mass is 230 g/mol. The Morgan fingerprint density at radius 2 is 2.33 bits per heavy atom. The van der Waals surface area contributed by atoms with E-state index in [4.69, 9.17) is 16.3 Å². The lowest BCUT2D eigenvalue weighted by Gasteiger charge is -2.08. The van der Waals surface area contributed by atoms with Gasteiger partial charge in [-0.25, -0.2) is 0 Å². The Morgan fingerprint density at radius 1 is 1.67 bits per heavy atom. The number of nitrogens with zero attached hydrogens (tertiary/aromatic N) is 2. The van der Waals surface area contributed by atoms with Crippen molar-refractivity contribution < 1.29 is 9.53 Å². The summed E-state index contributed by atoms with van der Waals surface area (Å²) < 4.78 is 6.53. The van der Waals surface area contributed by atoms with Crippen molar-refractivity contribution in [1.82, 2.24) is 9.78 Å². The Morgan fingerprint density at radius 3 is 2.87 bits per heavy atom. The van der Waals surface area contributed by atoms with E-state index in [1.807, 2.05) is 13.8 Å². The van der Waals surface area contributed by atoms with Crippen LogP contribution in [0.4, 0.5) is 0 Å². The summed E-state index contributed by atoms with van der Waals surface area (Å²) >= 11 is 5.92. The minimum absolute atomic E-state index is 0.00797. The van der Waals surface area contributed by atoms with Gasteiger partial charge in [0.25, 0.3) is 0 Å². The van der Waals surface area contributed by atoms with Crippen LogP contribution < -0.4 is 0 Å². The summed E-state index contributed by atoms with van der Waals surface area (Å²) in [4.78, 5) is 11.8. The molecule has 0 N–H and O–H groups in total. The predicted octanol–water partition coefficient (Wildman–Crippen LogP) is 2.02. The summed E-state index contributed by atoms with van der Waals surface area (Å²) in [6, 6.07) is 0. The van der Waals surface area contributed by atoms with Crippen molar-refractivity contribution in [2.24, 2.45) is 5.92 Å². The van der Waals surface area contributed by atoms with Gasteiger partial charge in [0.1, 0.15) is 5.69 Å². The van der Waals surface area contributed by atoms with Crippen LogP contribution in [0.3, 0.4) is 0 Å². The van der Waals surface area contributed by atoms with Crippen LogP contribution >= 0.6 is 11.6 Å². The van der Waals surface area contributed by atoms with E-state index in [2.05, 4.69) is 5.10 Å². The van der Waals surface area contributed by atoms with Crippen molar-refractivity contribution in [3.8, 4) is 0 Å². The SMILES string of the molecule is COCCn1ncc(Cl)c1C(=O)C(C)C. The van der Waals surface area contributed by atoms with Gasteiger partial charge in [-0.3, -0.25) is 9.48 Å². The van der Waals surface area contributed by atoms with E-state index < -0.39 is 0 Å². The molecule has 15 heavy (non-hydrogen) atoms. The fourth-order valence-corrected chi connectivity index (χ4v) is 1.46. The van der Waals surface area contributed by atoms with Gasteiger partial charge in [-0.2, -0.15) is 5.10 Å². The summed E-state index contributed by atoms with van der Waals surface area (Å²) in [5, 5.41) is 4.45. The van der Waals surface area contributed by atoms with Crippen molar-refractivity contribution in [2.75, 3.05) is 13.7 Å². The number of aromatic nitrogens is 2. The smallest absolute Gasteiger partial charge is 0.184 e. The molecule has 1 rings (SSSR count). The molecule has 0 aliphatic heterocycles. The van der Waals surface area contributed by atoms with E-state index in [-0.39, 0.29) is 11.7 Å². The first-order chi connectivity index (χ1) is 7.07. The first-order valence-corrected chi connectivity index (χ1v) is 5.20. The minimum Gasteiger partial charge on any atom is -0.383 e. The van der Waals surface area contributed by atoms with Gasteiger partial charge in [0.15, 0.2) is 5.78 Å².